The van der Waals surface area contributed by atoms with Gasteiger partial charge in [-0.05, 0) is 30.5 Å². The van der Waals surface area contributed by atoms with Crippen LogP contribution in [-0.4, -0.2) is 10.2 Å². The van der Waals surface area contributed by atoms with E-state index in [2.05, 4.69) is 54.4 Å². The molecule has 1 N–H and O–H groups in total. The molecule has 0 aliphatic rings. The first kappa shape index (κ1) is 9.97. The molecule has 2 rings (SSSR count). The highest BCUT2D eigenvalue weighted by Gasteiger charge is 2.02. The Labute approximate surface area is 90.3 Å². The lowest BCUT2D eigenvalue weighted by Gasteiger charge is -1.99. The first-order valence-corrected chi connectivity index (χ1v) is 5.47. The molecule has 15 heavy (non-hydrogen) atoms. The van der Waals surface area contributed by atoms with Crippen LogP contribution in [0.15, 0.2) is 30.3 Å². The predicted octanol–water partition coefficient (Wildman–Crippen LogP) is 3.20. The van der Waals surface area contributed by atoms with Crippen LogP contribution in [0.1, 0.15) is 25.1 Å². The molecule has 78 valence electrons. The van der Waals surface area contributed by atoms with E-state index >= 15 is 0 Å². The van der Waals surface area contributed by atoms with E-state index in [0.717, 1.165) is 18.5 Å². The summed E-state index contributed by atoms with van der Waals surface area (Å²) in [6, 6.07) is 10.7. The van der Waals surface area contributed by atoms with Crippen LogP contribution < -0.4 is 0 Å². The number of aromatic nitrogens is 2. The van der Waals surface area contributed by atoms with Crippen molar-refractivity contribution in [3.05, 3.63) is 41.6 Å². The monoisotopic (exact) mass is 200 g/mol. The number of aromatic amines is 1. The third kappa shape index (κ3) is 2.09. The second-order valence-electron chi connectivity index (χ2n) is 3.69. The molecule has 0 aliphatic heterocycles. The number of aryl methyl sites for hydroxylation is 2. The van der Waals surface area contributed by atoms with Crippen LogP contribution in [-0.2, 0) is 12.8 Å². The summed E-state index contributed by atoms with van der Waals surface area (Å²) in [5, 5.41) is 7.35. The second-order valence-corrected chi connectivity index (χ2v) is 3.69. The van der Waals surface area contributed by atoms with Crippen molar-refractivity contribution in [3.8, 4) is 11.3 Å². The molecular weight excluding hydrogens is 184 g/mol. The zero-order valence-electron chi connectivity index (χ0n) is 9.25. The Balaban J connectivity index is 2.35. The third-order valence-corrected chi connectivity index (χ3v) is 2.64. The Morgan fingerprint density at radius 3 is 2.67 bits per heavy atom. The molecule has 0 aliphatic carbocycles. The van der Waals surface area contributed by atoms with E-state index in [9.17, 15) is 0 Å². The van der Waals surface area contributed by atoms with Gasteiger partial charge in [-0.3, -0.25) is 5.10 Å². The molecule has 2 aromatic rings. The van der Waals surface area contributed by atoms with Crippen LogP contribution in [0.5, 0.6) is 0 Å². The van der Waals surface area contributed by atoms with Gasteiger partial charge in [-0.15, -0.1) is 0 Å². The number of nitrogens with one attached hydrogen (secondary N) is 1. The van der Waals surface area contributed by atoms with E-state index < -0.39 is 0 Å². The fraction of sp³-hybridized carbons (Fsp3) is 0.308. The summed E-state index contributed by atoms with van der Waals surface area (Å²) in [5.41, 5.74) is 4.79. The smallest absolute Gasteiger partial charge is 0.0923 e. The molecule has 0 saturated carbocycles. The first-order valence-electron chi connectivity index (χ1n) is 5.47. The van der Waals surface area contributed by atoms with Crippen molar-refractivity contribution in [1.29, 1.82) is 0 Å². The van der Waals surface area contributed by atoms with E-state index in [-0.39, 0.29) is 0 Å². The summed E-state index contributed by atoms with van der Waals surface area (Å²) in [4.78, 5) is 0. The second kappa shape index (κ2) is 4.30. The van der Waals surface area contributed by atoms with Crippen LogP contribution in [0.25, 0.3) is 11.3 Å². The van der Waals surface area contributed by atoms with Gasteiger partial charge in [0.25, 0.3) is 0 Å². The Morgan fingerprint density at radius 2 is 2.00 bits per heavy atom. The van der Waals surface area contributed by atoms with Crippen molar-refractivity contribution in [2.75, 3.05) is 0 Å². The minimum Gasteiger partial charge on any atom is -0.282 e. The summed E-state index contributed by atoms with van der Waals surface area (Å²) in [5.74, 6) is 0. The molecule has 0 fully saturated rings. The lowest BCUT2D eigenvalue weighted by atomic mass is 10.1. The number of hydrogen-bond donors (Lipinski definition) is 1. The molecule has 0 atom stereocenters. The number of benzene rings is 1. The van der Waals surface area contributed by atoms with Gasteiger partial charge in [0, 0.05) is 11.3 Å². The minimum atomic E-state index is 1.00. The van der Waals surface area contributed by atoms with Gasteiger partial charge < -0.3 is 0 Å². The summed E-state index contributed by atoms with van der Waals surface area (Å²) >= 11 is 0. The molecule has 0 radical (unpaired) electrons. The maximum absolute atomic E-state index is 4.31. The maximum Gasteiger partial charge on any atom is 0.0923 e. The van der Waals surface area contributed by atoms with E-state index in [1.807, 2.05) is 0 Å². The Hall–Kier alpha value is -1.57. The van der Waals surface area contributed by atoms with Crippen LogP contribution in [0, 0.1) is 0 Å². The largest absolute Gasteiger partial charge is 0.282 e. The van der Waals surface area contributed by atoms with Gasteiger partial charge in [0.1, 0.15) is 0 Å². The van der Waals surface area contributed by atoms with E-state index in [1.54, 1.807) is 0 Å². The van der Waals surface area contributed by atoms with Crippen LogP contribution in [0.4, 0.5) is 0 Å². The highest BCUT2D eigenvalue weighted by atomic mass is 15.1. The normalized spacial score (nSPS) is 10.5. The van der Waals surface area contributed by atoms with Crippen molar-refractivity contribution in [2.24, 2.45) is 0 Å². The maximum atomic E-state index is 4.31. The fourth-order valence-corrected chi connectivity index (χ4v) is 1.64. The van der Waals surface area contributed by atoms with E-state index in [0.29, 0.717) is 0 Å². The summed E-state index contributed by atoms with van der Waals surface area (Å²) < 4.78 is 0. The van der Waals surface area contributed by atoms with Gasteiger partial charge in [-0.25, -0.2) is 0 Å². The first-order chi connectivity index (χ1) is 7.33. The van der Waals surface area contributed by atoms with Crippen LogP contribution in [0.3, 0.4) is 0 Å². The molecule has 1 aromatic carbocycles. The van der Waals surface area contributed by atoms with Crippen molar-refractivity contribution < 1.29 is 0 Å². The molecule has 0 saturated heterocycles. The summed E-state index contributed by atoms with van der Waals surface area (Å²) in [6.07, 6.45) is 2.07. The average molecular weight is 200 g/mol. The van der Waals surface area contributed by atoms with Gasteiger partial charge in [-0.1, -0.05) is 32.0 Å². The zero-order valence-corrected chi connectivity index (χ0v) is 9.25. The fourth-order valence-electron chi connectivity index (χ4n) is 1.64. The SMILES string of the molecule is CCc1cccc(-c2cc(CC)[nH]n2)c1. The number of rotatable bonds is 3. The van der Waals surface area contributed by atoms with Crippen molar-refractivity contribution in [1.82, 2.24) is 10.2 Å². The van der Waals surface area contributed by atoms with Crippen LogP contribution >= 0.6 is 0 Å². The van der Waals surface area contributed by atoms with Gasteiger partial charge in [-0.2, -0.15) is 5.10 Å². The average Bonchev–Trinajstić information content (AvgIpc) is 2.78. The third-order valence-electron chi connectivity index (χ3n) is 2.64. The topological polar surface area (TPSA) is 28.7 Å². The van der Waals surface area contributed by atoms with E-state index in [1.165, 1.54) is 16.8 Å². The molecule has 1 heterocycles. The number of H-pyrrole nitrogens is 1. The molecule has 2 heteroatoms. The van der Waals surface area contributed by atoms with Gasteiger partial charge in [0.2, 0.25) is 0 Å². The molecule has 2 nitrogen and oxygen atoms in total. The van der Waals surface area contributed by atoms with E-state index in [4.69, 9.17) is 0 Å². The minimum absolute atomic E-state index is 1.00. The van der Waals surface area contributed by atoms with Crippen LogP contribution in [0.2, 0.25) is 0 Å². The number of nitrogens with zero attached hydrogens (tertiary/aromatic N) is 1. The van der Waals surface area contributed by atoms with Gasteiger partial charge in [0.15, 0.2) is 0 Å². The Bertz CT molecular complexity index is 443. The summed E-state index contributed by atoms with van der Waals surface area (Å²) in [6.45, 7) is 4.29. The lowest BCUT2D eigenvalue weighted by Crippen LogP contribution is -1.82. The molecule has 0 amide bonds. The highest BCUT2D eigenvalue weighted by molar-refractivity contribution is 5.60. The van der Waals surface area contributed by atoms with Gasteiger partial charge in [0.05, 0.1) is 5.69 Å². The Kier molecular flexibility index (Phi) is 2.86. The Morgan fingerprint density at radius 1 is 1.13 bits per heavy atom. The van der Waals surface area contributed by atoms with Gasteiger partial charge >= 0.3 is 0 Å². The predicted molar refractivity (Wildman–Crippen MR) is 62.8 cm³/mol. The lowest BCUT2D eigenvalue weighted by molar-refractivity contribution is 0.976. The molecule has 1 aromatic heterocycles. The highest BCUT2D eigenvalue weighted by Crippen LogP contribution is 2.19. The number of hydrogen-bond acceptors (Lipinski definition) is 1. The molecule has 0 unspecified atom stereocenters. The summed E-state index contributed by atoms with van der Waals surface area (Å²) in [7, 11) is 0. The van der Waals surface area contributed by atoms with Crippen molar-refractivity contribution in [3.63, 3.8) is 0 Å². The van der Waals surface area contributed by atoms with Crippen molar-refractivity contribution >= 4 is 0 Å². The molecule has 0 spiro atoms. The zero-order chi connectivity index (χ0) is 10.7. The van der Waals surface area contributed by atoms with Crippen molar-refractivity contribution in [2.45, 2.75) is 26.7 Å². The standard InChI is InChI=1S/C13H16N2/c1-3-10-6-5-7-11(8-10)13-9-12(4-2)14-15-13/h5-9H,3-4H2,1-2H3,(H,14,15). The molecule has 0 bridgehead atoms. The quantitative estimate of drug-likeness (QED) is 0.809. The molecular formula is C13H16N2.